The largest absolute Gasteiger partial charge is 0.466 e. The van der Waals surface area contributed by atoms with Crippen molar-refractivity contribution >= 4 is 22.8 Å². The number of fused-ring (bicyclic) bond motifs is 1. The van der Waals surface area contributed by atoms with Gasteiger partial charge in [-0.15, -0.1) is 0 Å². The number of aromatic nitrogens is 1. The number of primary amides is 1. The molecule has 162 valence electrons. The Balaban J connectivity index is 1.92. The van der Waals surface area contributed by atoms with E-state index in [1.165, 1.54) is 0 Å². The Morgan fingerprint density at radius 1 is 0.969 bits per heavy atom. The van der Waals surface area contributed by atoms with E-state index in [1.54, 1.807) is 19.1 Å². The molecule has 3 aromatic carbocycles. The first-order valence-corrected chi connectivity index (χ1v) is 10.5. The van der Waals surface area contributed by atoms with Crippen LogP contribution in [-0.2, 0) is 22.5 Å². The third-order valence-corrected chi connectivity index (χ3v) is 5.50. The van der Waals surface area contributed by atoms with E-state index >= 15 is 0 Å². The summed E-state index contributed by atoms with van der Waals surface area (Å²) in [6.45, 7) is 2.54. The number of benzene rings is 3. The second-order valence-corrected chi connectivity index (χ2v) is 7.56. The molecule has 1 aromatic heterocycles. The minimum atomic E-state index is -0.505. The van der Waals surface area contributed by atoms with E-state index in [1.807, 2.05) is 54.7 Å². The Hall–Kier alpha value is -3.90. The van der Waals surface area contributed by atoms with Crippen LogP contribution in [-0.4, -0.2) is 23.5 Å². The number of rotatable bonds is 7. The van der Waals surface area contributed by atoms with Crippen LogP contribution in [0.2, 0.25) is 0 Å². The van der Waals surface area contributed by atoms with Crippen LogP contribution in [0.4, 0.5) is 0 Å². The van der Waals surface area contributed by atoms with Crippen molar-refractivity contribution in [1.82, 2.24) is 4.98 Å². The summed E-state index contributed by atoms with van der Waals surface area (Å²) in [5.74, 6) is -0.785. The number of nitrogens with one attached hydrogen (secondary N) is 1. The highest BCUT2D eigenvalue weighted by Crippen LogP contribution is 2.37. The van der Waals surface area contributed by atoms with Crippen LogP contribution >= 0.6 is 0 Å². The number of carbonyl (C=O) groups is 2. The molecule has 6 heteroatoms. The summed E-state index contributed by atoms with van der Waals surface area (Å²) < 4.78 is 5.14. The van der Waals surface area contributed by atoms with Gasteiger partial charge in [-0.25, -0.2) is 0 Å². The molecule has 4 rings (SSSR count). The highest BCUT2D eigenvalue weighted by Gasteiger charge is 2.17. The predicted octanol–water partition coefficient (Wildman–Crippen LogP) is 4.17. The molecule has 1 heterocycles. The zero-order valence-electron chi connectivity index (χ0n) is 17.9. The minimum Gasteiger partial charge on any atom is -0.466 e. The minimum absolute atomic E-state index is 0.164. The maximum Gasteiger partial charge on any atom is 0.310 e. The molecule has 0 aliphatic rings. The van der Waals surface area contributed by atoms with Crippen molar-refractivity contribution in [3.63, 3.8) is 0 Å². The number of ether oxygens (including phenoxy) is 1. The summed E-state index contributed by atoms with van der Waals surface area (Å²) in [5, 5.41) is 0.853. The van der Waals surface area contributed by atoms with Crippen LogP contribution in [0.25, 0.3) is 33.2 Å². The third kappa shape index (κ3) is 4.13. The molecule has 0 saturated heterocycles. The Morgan fingerprint density at radius 2 is 1.78 bits per heavy atom. The fourth-order valence-electron chi connectivity index (χ4n) is 4.00. The Kier molecular flexibility index (Phi) is 6.05. The molecular formula is C26H25N3O3. The molecule has 0 fully saturated rings. The van der Waals surface area contributed by atoms with Gasteiger partial charge in [-0.3, -0.25) is 9.59 Å². The molecule has 32 heavy (non-hydrogen) atoms. The normalized spacial score (nSPS) is 10.9. The Morgan fingerprint density at radius 3 is 2.53 bits per heavy atom. The predicted molar refractivity (Wildman–Crippen MR) is 126 cm³/mol. The molecular weight excluding hydrogens is 402 g/mol. The van der Waals surface area contributed by atoms with Crippen molar-refractivity contribution in [3.05, 3.63) is 83.6 Å². The van der Waals surface area contributed by atoms with Crippen molar-refractivity contribution in [2.45, 2.75) is 19.9 Å². The third-order valence-electron chi connectivity index (χ3n) is 5.50. The van der Waals surface area contributed by atoms with E-state index < -0.39 is 5.91 Å². The van der Waals surface area contributed by atoms with E-state index in [0.29, 0.717) is 18.7 Å². The number of carbonyl (C=O) groups excluding carboxylic acids is 2. The molecule has 0 spiro atoms. The molecule has 5 N–H and O–H groups in total. The van der Waals surface area contributed by atoms with Gasteiger partial charge in [0.15, 0.2) is 0 Å². The van der Waals surface area contributed by atoms with Gasteiger partial charge in [-0.05, 0) is 47.4 Å². The number of H-pyrrole nitrogens is 1. The maximum atomic E-state index is 12.1. The van der Waals surface area contributed by atoms with Crippen molar-refractivity contribution in [2.24, 2.45) is 11.5 Å². The number of hydrogen-bond acceptors (Lipinski definition) is 4. The van der Waals surface area contributed by atoms with Gasteiger partial charge >= 0.3 is 5.97 Å². The standard InChI is InChI=1S/C26H25N3O3/c1-2-32-24(30)13-18-7-3-4-9-20(18)23-15-29-25-21(11-19(26(28)31)12-22(23)25)17-8-5-6-16(10-17)14-27/h3-12,15,29H,2,13-14,27H2,1H3,(H2,28,31). The van der Waals surface area contributed by atoms with Gasteiger partial charge in [0.05, 0.1) is 18.5 Å². The molecule has 0 aliphatic heterocycles. The number of hydrogen-bond donors (Lipinski definition) is 3. The first-order chi connectivity index (χ1) is 15.5. The van der Waals surface area contributed by atoms with E-state index in [9.17, 15) is 9.59 Å². The van der Waals surface area contributed by atoms with Gasteiger partial charge in [0, 0.05) is 34.8 Å². The molecule has 0 unspecified atom stereocenters. The van der Waals surface area contributed by atoms with E-state index in [-0.39, 0.29) is 12.4 Å². The lowest BCUT2D eigenvalue weighted by molar-refractivity contribution is -0.142. The molecule has 0 bridgehead atoms. The number of aromatic amines is 1. The zero-order chi connectivity index (χ0) is 22.7. The Bertz CT molecular complexity index is 1310. The lowest BCUT2D eigenvalue weighted by Crippen LogP contribution is -2.11. The topological polar surface area (TPSA) is 111 Å². The summed E-state index contributed by atoms with van der Waals surface area (Å²) in [5.41, 5.74) is 18.2. The van der Waals surface area contributed by atoms with Crippen molar-refractivity contribution in [2.75, 3.05) is 6.61 Å². The molecule has 0 radical (unpaired) electrons. The second kappa shape index (κ2) is 9.08. The van der Waals surface area contributed by atoms with E-state index in [2.05, 4.69) is 4.98 Å². The first kappa shape index (κ1) is 21.3. The number of amides is 1. The average molecular weight is 428 g/mol. The quantitative estimate of drug-likeness (QED) is 0.384. The molecule has 6 nitrogen and oxygen atoms in total. The van der Waals surface area contributed by atoms with E-state index in [4.69, 9.17) is 16.2 Å². The lowest BCUT2D eigenvalue weighted by atomic mass is 9.93. The second-order valence-electron chi connectivity index (χ2n) is 7.56. The molecule has 0 atom stereocenters. The highest BCUT2D eigenvalue weighted by atomic mass is 16.5. The van der Waals surface area contributed by atoms with Gasteiger partial charge in [0.1, 0.15) is 0 Å². The fourth-order valence-corrected chi connectivity index (χ4v) is 4.00. The highest BCUT2D eigenvalue weighted by molar-refractivity contribution is 6.08. The SMILES string of the molecule is CCOC(=O)Cc1ccccc1-c1c[nH]c2c(-c3cccc(CN)c3)cc(C(N)=O)cc12. The van der Waals surface area contributed by atoms with Gasteiger partial charge in [0.25, 0.3) is 0 Å². The molecule has 4 aromatic rings. The summed E-state index contributed by atoms with van der Waals surface area (Å²) in [7, 11) is 0. The van der Waals surface area contributed by atoms with Gasteiger partial charge in [-0.1, -0.05) is 42.5 Å². The molecule has 1 amide bonds. The average Bonchev–Trinajstić information content (AvgIpc) is 3.23. The first-order valence-electron chi connectivity index (χ1n) is 10.5. The van der Waals surface area contributed by atoms with Crippen molar-refractivity contribution in [1.29, 1.82) is 0 Å². The van der Waals surface area contributed by atoms with Crippen LogP contribution in [0.1, 0.15) is 28.4 Å². The number of nitrogens with two attached hydrogens (primary N) is 2. The van der Waals surface area contributed by atoms with Crippen LogP contribution < -0.4 is 11.5 Å². The van der Waals surface area contributed by atoms with E-state index in [0.717, 1.165) is 44.3 Å². The zero-order valence-corrected chi connectivity index (χ0v) is 17.9. The van der Waals surface area contributed by atoms with Crippen LogP contribution in [0, 0.1) is 0 Å². The lowest BCUT2D eigenvalue weighted by Gasteiger charge is -2.11. The monoisotopic (exact) mass is 427 g/mol. The van der Waals surface area contributed by atoms with Gasteiger partial charge < -0.3 is 21.2 Å². The van der Waals surface area contributed by atoms with Crippen LogP contribution in [0.3, 0.4) is 0 Å². The smallest absolute Gasteiger partial charge is 0.310 e. The molecule has 0 aliphatic carbocycles. The van der Waals surface area contributed by atoms with Crippen LogP contribution in [0.15, 0.2) is 66.9 Å². The van der Waals surface area contributed by atoms with Crippen molar-refractivity contribution in [3.8, 4) is 22.3 Å². The molecule has 0 saturated carbocycles. The summed E-state index contributed by atoms with van der Waals surface area (Å²) in [6, 6.07) is 19.2. The van der Waals surface area contributed by atoms with Crippen molar-refractivity contribution < 1.29 is 14.3 Å². The Labute approximate surface area is 186 Å². The summed E-state index contributed by atoms with van der Waals surface area (Å²) >= 11 is 0. The number of esters is 1. The van der Waals surface area contributed by atoms with Gasteiger partial charge in [0.2, 0.25) is 5.91 Å². The van der Waals surface area contributed by atoms with Gasteiger partial charge in [-0.2, -0.15) is 0 Å². The fraction of sp³-hybridized carbons (Fsp3) is 0.154. The summed E-state index contributed by atoms with van der Waals surface area (Å²) in [4.78, 5) is 27.6. The maximum absolute atomic E-state index is 12.1. The summed E-state index contributed by atoms with van der Waals surface area (Å²) in [6.07, 6.45) is 2.06. The van der Waals surface area contributed by atoms with Crippen LogP contribution in [0.5, 0.6) is 0 Å².